The average molecular weight is 331 g/mol. The number of morpholine rings is 1. The number of furan rings is 1. The molecule has 0 saturated carbocycles. The van der Waals surface area contributed by atoms with Crippen molar-refractivity contribution in [1.29, 1.82) is 0 Å². The summed E-state index contributed by atoms with van der Waals surface area (Å²) in [6.07, 6.45) is -0.573. The van der Waals surface area contributed by atoms with Crippen LogP contribution < -0.4 is 0 Å². The van der Waals surface area contributed by atoms with Crippen molar-refractivity contribution < 1.29 is 19.0 Å². The lowest BCUT2D eigenvalue weighted by atomic mass is 10.2. The Kier molecular flexibility index (Phi) is 6.04. The van der Waals surface area contributed by atoms with Gasteiger partial charge in [0.2, 0.25) is 0 Å². The van der Waals surface area contributed by atoms with Crippen molar-refractivity contribution in [3.63, 3.8) is 0 Å². The summed E-state index contributed by atoms with van der Waals surface area (Å²) >= 11 is 0. The molecule has 5 nitrogen and oxygen atoms in total. The molecule has 1 fully saturated rings. The van der Waals surface area contributed by atoms with Crippen LogP contribution in [0.25, 0.3) is 0 Å². The van der Waals surface area contributed by atoms with Crippen molar-refractivity contribution in [2.75, 3.05) is 32.8 Å². The van der Waals surface area contributed by atoms with Crippen LogP contribution in [0.1, 0.15) is 23.2 Å². The predicted molar refractivity (Wildman–Crippen MR) is 90.7 cm³/mol. The highest BCUT2D eigenvalue weighted by molar-refractivity contribution is 5.13. The predicted octanol–water partition coefficient (Wildman–Crippen LogP) is 2.54. The summed E-state index contributed by atoms with van der Waals surface area (Å²) in [6.45, 7) is 5.54. The molecule has 130 valence electrons. The lowest BCUT2D eigenvalue weighted by molar-refractivity contribution is -0.0607. The van der Waals surface area contributed by atoms with Crippen LogP contribution in [-0.2, 0) is 16.1 Å². The first-order valence-corrected chi connectivity index (χ1v) is 8.41. The minimum Gasteiger partial charge on any atom is -0.464 e. The Labute approximate surface area is 142 Å². The maximum Gasteiger partial charge on any atom is 0.134 e. The smallest absolute Gasteiger partial charge is 0.134 e. The summed E-state index contributed by atoms with van der Waals surface area (Å²) in [5, 5.41) is 10.2. The number of ether oxygens (including phenoxy) is 2. The van der Waals surface area contributed by atoms with Crippen LogP contribution in [0.2, 0.25) is 0 Å². The number of hydrogen-bond donors (Lipinski definition) is 1. The molecule has 1 aliphatic rings. The van der Waals surface area contributed by atoms with Crippen LogP contribution in [0, 0.1) is 6.92 Å². The van der Waals surface area contributed by atoms with E-state index >= 15 is 0 Å². The third-order valence-corrected chi connectivity index (χ3v) is 4.12. The first-order chi connectivity index (χ1) is 11.7. The average Bonchev–Trinajstić information content (AvgIpc) is 3.03. The van der Waals surface area contributed by atoms with Gasteiger partial charge in [0.1, 0.15) is 17.6 Å². The maximum absolute atomic E-state index is 10.2. The van der Waals surface area contributed by atoms with E-state index in [-0.39, 0.29) is 6.10 Å². The van der Waals surface area contributed by atoms with E-state index in [0.717, 1.165) is 30.2 Å². The van der Waals surface area contributed by atoms with Crippen molar-refractivity contribution in [2.24, 2.45) is 0 Å². The first-order valence-electron chi connectivity index (χ1n) is 8.41. The Morgan fingerprint density at radius 3 is 2.83 bits per heavy atom. The van der Waals surface area contributed by atoms with Gasteiger partial charge in [0.25, 0.3) is 0 Å². The molecular weight excluding hydrogens is 306 g/mol. The normalized spacial score (nSPS) is 20.2. The van der Waals surface area contributed by atoms with E-state index in [1.165, 1.54) is 0 Å². The van der Waals surface area contributed by atoms with E-state index in [9.17, 15) is 5.11 Å². The minimum absolute atomic E-state index is 0.0649. The van der Waals surface area contributed by atoms with E-state index in [0.29, 0.717) is 26.4 Å². The second kappa shape index (κ2) is 8.44. The van der Waals surface area contributed by atoms with E-state index in [2.05, 4.69) is 4.90 Å². The number of β-amino-alcohol motifs (C(OH)–C–C–N with tert-alkyl or cyclic N) is 1. The number of aliphatic hydroxyl groups excluding tert-OH is 1. The Bertz CT molecular complexity index is 613. The van der Waals surface area contributed by atoms with Crippen molar-refractivity contribution in [2.45, 2.75) is 25.7 Å². The van der Waals surface area contributed by atoms with E-state index in [4.69, 9.17) is 13.9 Å². The highest BCUT2D eigenvalue weighted by Crippen LogP contribution is 2.24. The van der Waals surface area contributed by atoms with Gasteiger partial charge in [-0.3, -0.25) is 4.90 Å². The van der Waals surface area contributed by atoms with Crippen LogP contribution in [0.4, 0.5) is 0 Å². The molecule has 24 heavy (non-hydrogen) atoms. The fourth-order valence-electron chi connectivity index (χ4n) is 2.90. The second-order valence-electron chi connectivity index (χ2n) is 6.22. The van der Waals surface area contributed by atoms with Gasteiger partial charge >= 0.3 is 0 Å². The third-order valence-electron chi connectivity index (χ3n) is 4.12. The molecule has 2 aromatic rings. The largest absolute Gasteiger partial charge is 0.464 e. The second-order valence-corrected chi connectivity index (χ2v) is 6.22. The van der Waals surface area contributed by atoms with Gasteiger partial charge in [0.05, 0.1) is 25.9 Å². The zero-order valence-corrected chi connectivity index (χ0v) is 14.1. The highest BCUT2D eigenvalue weighted by Gasteiger charge is 2.25. The fraction of sp³-hybridized carbons (Fsp3) is 0.474. The van der Waals surface area contributed by atoms with Crippen molar-refractivity contribution >= 4 is 0 Å². The van der Waals surface area contributed by atoms with Gasteiger partial charge in [-0.15, -0.1) is 0 Å². The van der Waals surface area contributed by atoms with Gasteiger partial charge in [-0.1, -0.05) is 30.3 Å². The van der Waals surface area contributed by atoms with Crippen LogP contribution in [0.5, 0.6) is 0 Å². The van der Waals surface area contributed by atoms with E-state index in [1.54, 1.807) is 0 Å². The zero-order chi connectivity index (χ0) is 16.8. The molecule has 2 atom stereocenters. The Hall–Kier alpha value is -1.66. The molecule has 0 spiro atoms. The number of hydrogen-bond acceptors (Lipinski definition) is 5. The van der Waals surface area contributed by atoms with Gasteiger partial charge in [0, 0.05) is 19.6 Å². The molecule has 0 radical (unpaired) electrons. The molecule has 0 bridgehead atoms. The summed E-state index contributed by atoms with van der Waals surface area (Å²) in [4.78, 5) is 2.20. The summed E-state index contributed by atoms with van der Waals surface area (Å²) in [6, 6.07) is 13.9. The summed E-state index contributed by atoms with van der Waals surface area (Å²) < 4.78 is 17.0. The summed E-state index contributed by atoms with van der Waals surface area (Å²) in [5.41, 5.74) is 1.12. The highest BCUT2D eigenvalue weighted by atomic mass is 16.5. The van der Waals surface area contributed by atoms with Gasteiger partial charge < -0.3 is 19.0 Å². The Balaban J connectivity index is 1.41. The number of aliphatic hydroxyl groups is 1. The van der Waals surface area contributed by atoms with Gasteiger partial charge in [-0.05, 0) is 24.6 Å². The lowest BCUT2D eigenvalue weighted by Crippen LogP contribution is -2.43. The van der Waals surface area contributed by atoms with Crippen LogP contribution in [-0.4, -0.2) is 49.0 Å². The fourth-order valence-corrected chi connectivity index (χ4v) is 2.90. The monoisotopic (exact) mass is 331 g/mol. The zero-order valence-electron chi connectivity index (χ0n) is 14.1. The lowest BCUT2D eigenvalue weighted by Gasteiger charge is -2.33. The quantitative estimate of drug-likeness (QED) is 0.845. The van der Waals surface area contributed by atoms with E-state index in [1.807, 2.05) is 49.4 Å². The topological polar surface area (TPSA) is 55.1 Å². The van der Waals surface area contributed by atoms with E-state index < -0.39 is 6.10 Å². The molecule has 1 aromatic heterocycles. The summed E-state index contributed by atoms with van der Waals surface area (Å²) in [5.74, 6) is 1.74. The van der Waals surface area contributed by atoms with Crippen LogP contribution in [0.3, 0.4) is 0 Å². The van der Waals surface area contributed by atoms with Gasteiger partial charge in [-0.25, -0.2) is 0 Å². The molecule has 2 heterocycles. The number of aryl methyl sites for hydroxylation is 1. The maximum atomic E-state index is 10.2. The van der Waals surface area contributed by atoms with Crippen LogP contribution in [0.15, 0.2) is 46.9 Å². The molecule has 1 saturated heterocycles. The van der Waals surface area contributed by atoms with Crippen LogP contribution >= 0.6 is 0 Å². The Morgan fingerprint density at radius 2 is 2.08 bits per heavy atom. The molecular formula is C19H25NO4. The van der Waals surface area contributed by atoms with Gasteiger partial charge in [-0.2, -0.15) is 0 Å². The molecule has 0 amide bonds. The first kappa shape index (κ1) is 17.2. The minimum atomic E-state index is -0.509. The van der Waals surface area contributed by atoms with Gasteiger partial charge in [0.15, 0.2) is 0 Å². The molecule has 2 unspecified atom stereocenters. The van der Waals surface area contributed by atoms with Crippen molar-refractivity contribution in [3.05, 3.63) is 59.5 Å². The Morgan fingerprint density at radius 1 is 1.25 bits per heavy atom. The molecule has 3 rings (SSSR count). The molecule has 0 aliphatic carbocycles. The van der Waals surface area contributed by atoms with Crippen molar-refractivity contribution in [3.8, 4) is 0 Å². The summed E-state index contributed by atoms with van der Waals surface area (Å²) in [7, 11) is 0. The molecule has 1 aliphatic heterocycles. The molecule has 1 aromatic carbocycles. The molecule has 5 heteroatoms. The number of benzene rings is 1. The number of rotatable bonds is 7. The number of nitrogens with zero attached hydrogens (tertiary/aromatic N) is 1. The SMILES string of the molecule is Cc1ccc(C2CN(CC(O)COCc3ccccc3)CCO2)o1. The standard InChI is InChI=1S/C19H25NO4/c1-15-7-8-18(24-15)19-12-20(9-10-23-19)11-17(21)14-22-13-16-5-3-2-4-6-16/h2-8,17,19,21H,9-14H2,1H3. The third kappa shape index (κ3) is 4.92. The molecule has 1 N–H and O–H groups in total. The van der Waals surface area contributed by atoms with Crippen molar-refractivity contribution in [1.82, 2.24) is 4.90 Å².